The lowest BCUT2D eigenvalue weighted by molar-refractivity contribution is 0.221. The van der Waals surface area contributed by atoms with Crippen molar-refractivity contribution >= 4 is 11.7 Å². The van der Waals surface area contributed by atoms with Crippen LogP contribution in [0.5, 0.6) is 0 Å². The second-order valence-corrected chi connectivity index (χ2v) is 4.61. The molecule has 0 fully saturated rings. The van der Waals surface area contributed by atoms with Gasteiger partial charge >= 0.3 is 6.03 Å². The highest BCUT2D eigenvalue weighted by Crippen LogP contribution is 2.10. The number of hydrogen-bond donors (Lipinski definition) is 1. The van der Waals surface area contributed by atoms with Crippen LogP contribution in [0.4, 0.5) is 10.5 Å². The van der Waals surface area contributed by atoms with Gasteiger partial charge in [0, 0.05) is 19.3 Å². The summed E-state index contributed by atoms with van der Waals surface area (Å²) in [6, 6.07) is 7.97. The molecule has 3 nitrogen and oxygen atoms in total. The Hall–Kier alpha value is -1.51. The van der Waals surface area contributed by atoms with Crippen molar-refractivity contribution in [2.75, 3.05) is 18.9 Å². The van der Waals surface area contributed by atoms with Gasteiger partial charge in [-0.15, -0.1) is 0 Å². The molecule has 0 radical (unpaired) electrons. The molecule has 0 spiro atoms. The minimum Gasteiger partial charge on any atom is -0.328 e. The fourth-order valence-corrected chi connectivity index (χ4v) is 1.74. The highest BCUT2D eigenvalue weighted by molar-refractivity contribution is 5.89. The Morgan fingerprint density at radius 3 is 2.39 bits per heavy atom. The van der Waals surface area contributed by atoms with Crippen LogP contribution in [-0.4, -0.2) is 24.5 Å². The summed E-state index contributed by atoms with van der Waals surface area (Å²) >= 11 is 0. The van der Waals surface area contributed by atoms with Crippen LogP contribution in [0.2, 0.25) is 0 Å². The number of aryl methyl sites for hydroxylation is 1. The smallest absolute Gasteiger partial charge is 0.321 e. The molecule has 18 heavy (non-hydrogen) atoms. The van der Waals surface area contributed by atoms with E-state index in [9.17, 15) is 4.79 Å². The van der Waals surface area contributed by atoms with Gasteiger partial charge in [-0.05, 0) is 30.5 Å². The quantitative estimate of drug-likeness (QED) is 0.761. The van der Waals surface area contributed by atoms with E-state index in [1.54, 1.807) is 4.90 Å². The summed E-state index contributed by atoms with van der Waals surface area (Å²) in [5.74, 6) is 0. The van der Waals surface area contributed by atoms with Gasteiger partial charge in [0.1, 0.15) is 0 Å². The van der Waals surface area contributed by atoms with E-state index in [1.807, 2.05) is 31.3 Å². The lowest BCUT2D eigenvalue weighted by Crippen LogP contribution is -2.32. The maximum absolute atomic E-state index is 11.9. The van der Waals surface area contributed by atoms with Gasteiger partial charge in [0.25, 0.3) is 0 Å². The van der Waals surface area contributed by atoms with Crippen molar-refractivity contribution in [3.05, 3.63) is 29.8 Å². The van der Waals surface area contributed by atoms with Crippen molar-refractivity contribution < 1.29 is 4.79 Å². The molecule has 0 aliphatic carbocycles. The molecule has 2 amide bonds. The van der Waals surface area contributed by atoms with E-state index < -0.39 is 0 Å². The third-order valence-corrected chi connectivity index (χ3v) is 3.06. The fourth-order valence-electron chi connectivity index (χ4n) is 1.74. The molecule has 0 saturated heterocycles. The molecule has 1 aromatic rings. The molecule has 1 aromatic carbocycles. The van der Waals surface area contributed by atoms with Gasteiger partial charge in [-0.3, -0.25) is 0 Å². The van der Waals surface area contributed by atoms with E-state index in [4.69, 9.17) is 0 Å². The average molecular weight is 248 g/mol. The minimum atomic E-state index is -0.0321. The molecule has 0 aromatic heterocycles. The molecule has 1 rings (SSSR count). The number of nitrogens with zero attached hydrogens (tertiary/aromatic N) is 1. The van der Waals surface area contributed by atoms with E-state index in [1.165, 1.54) is 18.4 Å². The number of nitrogens with one attached hydrogen (secondary N) is 1. The lowest BCUT2D eigenvalue weighted by atomic mass is 10.1. The molecule has 0 aliphatic rings. The average Bonchev–Trinajstić information content (AvgIpc) is 2.39. The Bertz CT molecular complexity index is 359. The number of anilines is 1. The summed E-state index contributed by atoms with van der Waals surface area (Å²) in [6.07, 6.45) is 4.43. The van der Waals surface area contributed by atoms with Crippen molar-refractivity contribution in [3.63, 3.8) is 0 Å². The van der Waals surface area contributed by atoms with E-state index in [2.05, 4.69) is 19.2 Å². The zero-order chi connectivity index (χ0) is 13.4. The van der Waals surface area contributed by atoms with Gasteiger partial charge in [0.2, 0.25) is 0 Å². The zero-order valence-electron chi connectivity index (χ0n) is 11.7. The predicted molar refractivity (Wildman–Crippen MR) is 77.0 cm³/mol. The first kappa shape index (κ1) is 14.6. The summed E-state index contributed by atoms with van der Waals surface area (Å²) in [7, 11) is 1.84. The number of benzene rings is 1. The summed E-state index contributed by atoms with van der Waals surface area (Å²) < 4.78 is 0. The highest BCUT2D eigenvalue weighted by Gasteiger charge is 2.07. The van der Waals surface area contributed by atoms with Crippen LogP contribution >= 0.6 is 0 Å². The molecule has 0 atom stereocenters. The third-order valence-electron chi connectivity index (χ3n) is 3.06. The number of unbranched alkanes of at least 4 members (excludes halogenated alkanes) is 2. The summed E-state index contributed by atoms with van der Waals surface area (Å²) in [5.41, 5.74) is 2.14. The Kier molecular flexibility index (Phi) is 6.26. The van der Waals surface area contributed by atoms with E-state index in [0.29, 0.717) is 0 Å². The normalized spacial score (nSPS) is 10.2. The molecule has 0 heterocycles. The van der Waals surface area contributed by atoms with Crippen LogP contribution in [-0.2, 0) is 6.42 Å². The van der Waals surface area contributed by atoms with Gasteiger partial charge in [-0.2, -0.15) is 0 Å². The summed E-state index contributed by atoms with van der Waals surface area (Å²) in [5, 5.41) is 2.91. The molecule has 0 saturated carbocycles. The first-order chi connectivity index (χ1) is 8.67. The van der Waals surface area contributed by atoms with Crippen molar-refractivity contribution in [2.24, 2.45) is 0 Å². The SMILES string of the molecule is CCCCCN(C)C(=O)Nc1ccc(CC)cc1. The highest BCUT2D eigenvalue weighted by atomic mass is 16.2. The van der Waals surface area contributed by atoms with Crippen molar-refractivity contribution in [1.29, 1.82) is 0 Å². The minimum absolute atomic E-state index is 0.0321. The number of carbonyl (C=O) groups is 1. The van der Waals surface area contributed by atoms with Gasteiger partial charge in [-0.25, -0.2) is 4.79 Å². The Morgan fingerprint density at radius 2 is 1.83 bits per heavy atom. The standard InChI is InChI=1S/C15H24N2O/c1-4-6-7-12-17(3)15(18)16-14-10-8-13(5-2)9-11-14/h8-11H,4-7,12H2,1-3H3,(H,16,18). The van der Waals surface area contributed by atoms with Crippen molar-refractivity contribution in [1.82, 2.24) is 4.90 Å². The molecule has 0 aliphatic heterocycles. The van der Waals surface area contributed by atoms with Crippen LogP contribution < -0.4 is 5.32 Å². The van der Waals surface area contributed by atoms with Crippen molar-refractivity contribution in [3.8, 4) is 0 Å². The van der Waals surface area contributed by atoms with E-state index in [-0.39, 0.29) is 6.03 Å². The molecular weight excluding hydrogens is 224 g/mol. The molecular formula is C15H24N2O. The van der Waals surface area contributed by atoms with Crippen LogP contribution in [0.1, 0.15) is 38.7 Å². The first-order valence-corrected chi connectivity index (χ1v) is 6.78. The third kappa shape index (κ3) is 4.78. The number of carbonyl (C=O) groups excluding carboxylic acids is 1. The summed E-state index contributed by atoms with van der Waals surface area (Å²) in [6.45, 7) is 5.09. The molecule has 0 unspecified atom stereocenters. The topological polar surface area (TPSA) is 32.3 Å². The van der Waals surface area contributed by atoms with Gasteiger partial charge < -0.3 is 10.2 Å². The molecule has 1 N–H and O–H groups in total. The zero-order valence-corrected chi connectivity index (χ0v) is 11.7. The predicted octanol–water partition coefficient (Wildman–Crippen LogP) is 3.90. The first-order valence-electron chi connectivity index (χ1n) is 6.78. The van der Waals surface area contributed by atoms with Crippen LogP contribution in [0, 0.1) is 0 Å². The van der Waals surface area contributed by atoms with Gasteiger partial charge in [0.05, 0.1) is 0 Å². The lowest BCUT2D eigenvalue weighted by Gasteiger charge is -2.17. The molecule has 0 bridgehead atoms. The van der Waals surface area contributed by atoms with E-state index >= 15 is 0 Å². The number of urea groups is 1. The number of rotatable bonds is 6. The maximum Gasteiger partial charge on any atom is 0.321 e. The fraction of sp³-hybridized carbons (Fsp3) is 0.533. The molecule has 3 heteroatoms. The second-order valence-electron chi connectivity index (χ2n) is 4.61. The largest absolute Gasteiger partial charge is 0.328 e. The monoisotopic (exact) mass is 248 g/mol. The van der Waals surface area contributed by atoms with Crippen LogP contribution in [0.3, 0.4) is 0 Å². The van der Waals surface area contributed by atoms with E-state index in [0.717, 1.165) is 25.1 Å². The second kappa shape index (κ2) is 7.75. The van der Waals surface area contributed by atoms with Gasteiger partial charge in [-0.1, -0.05) is 38.8 Å². The Balaban J connectivity index is 2.42. The maximum atomic E-state index is 11.9. The van der Waals surface area contributed by atoms with Crippen LogP contribution in [0.25, 0.3) is 0 Å². The molecule has 100 valence electrons. The summed E-state index contributed by atoms with van der Waals surface area (Å²) in [4.78, 5) is 13.6. The van der Waals surface area contributed by atoms with Gasteiger partial charge in [0.15, 0.2) is 0 Å². The Morgan fingerprint density at radius 1 is 1.17 bits per heavy atom. The van der Waals surface area contributed by atoms with Crippen LogP contribution in [0.15, 0.2) is 24.3 Å². The number of amides is 2. The van der Waals surface area contributed by atoms with Crippen molar-refractivity contribution in [2.45, 2.75) is 39.5 Å². The Labute approximate surface area is 110 Å². The number of hydrogen-bond acceptors (Lipinski definition) is 1.